The lowest BCUT2D eigenvalue weighted by molar-refractivity contribution is 0.103. The molecule has 1 heterocycles. The van der Waals surface area contributed by atoms with Crippen LogP contribution in [0, 0.1) is 12.7 Å². The first kappa shape index (κ1) is 15.6. The number of nitrogens with one attached hydrogen (secondary N) is 1. The summed E-state index contributed by atoms with van der Waals surface area (Å²) < 4.78 is 14.3. The summed E-state index contributed by atoms with van der Waals surface area (Å²) in [5.41, 5.74) is 2.00. The van der Waals surface area contributed by atoms with Gasteiger partial charge in [-0.3, -0.25) is 4.79 Å². The van der Waals surface area contributed by atoms with Crippen molar-refractivity contribution < 1.29 is 14.3 Å². The number of amides is 1. The van der Waals surface area contributed by atoms with Crippen LogP contribution in [0.2, 0.25) is 0 Å². The highest BCUT2D eigenvalue weighted by Crippen LogP contribution is 2.32. The number of para-hydroxylation sites is 1. The highest BCUT2D eigenvalue weighted by Gasteiger charge is 2.17. The van der Waals surface area contributed by atoms with Gasteiger partial charge in [0.15, 0.2) is 0 Å². The fourth-order valence-electron chi connectivity index (χ4n) is 2.56. The lowest BCUT2D eigenvalue weighted by atomic mass is 10.1. The van der Waals surface area contributed by atoms with Crippen molar-refractivity contribution in [3.8, 4) is 0 Å². The largest absolute Gasteiger partial charge is 0.389 e. The number of hydrogen-bond donors (Lipinski definition) is 2. The van der Waals surface area contributed by atoms with Crippen molar-refractivity contribution in [3.05, 3.63) is 64.3 Å². The number of carbonyl (C=O) groups excluding carboxylic acids is 1. The highest BCUT2D eigenvalue weighted by atomic mass is 32.1. The Balaban J connectivity index is 1.97. The second-order valence-electron chi connectivity index (χ2n) is 5.41. The molecule has 2 N–H and O–H groups in total. The van der Waals surface area contributed by atoms with Gasteiger partial charge in [-0.05, 0) is 49.1 Å². The second-order valence-corrected chi connectivity index (χ2v) is 6.47. The number of fused-ring (bicyclic) bond motifs is 1. The summed E-state index contributed by atoms with van der Waals surface area (Å²) in [5.74, 6) is -0.568. The number of aryl methyl sites for hydroxylation is 1. The zero-order valence-electron chi connectivity index (χ0n) is 12.8. The molecule has 1 atom stereocenters. The van der Waals surface area contributed by atoms with Crippen molar-refractivity contribution >= 4 is 33.0 Å². The summed E-state index contributed by atoms with van der Waals surface area (Å²) >= 11 is 1.33. The van der Waals surface area contributed by atoms with Crippen molar-refractivity contribution in [1.82, 2.24) is 0 Å². The highest BCUT2D eigenvalue weighted by molar-refractivity contribution is 7.21. The topological polar surface area (TPSA) is 49.3 Å². The summed E-state index contributed by atoms with van der Waals surface area (Å²) in [6, 6.07) is 11.7. The number of halogens is 1. The van der Waals surface area contributed by atoms with Gasteiger partial charge >= 0.3 is 0 Å². The first-order valence-electron chi connectivity index (χ1n) is 7.24. The van der Waals surface area contributed by atoms with E-state index in [0.717, 1.165) is 15.6 Å². The third kappa shape index (κ3) is 2.98. The molecule has 3 aromatic rings. The van der Waals surface area contributed by atoms with Gasteiger partial charge in [-0.15, -0.1) is 11.3 Å². The average Bonchev–Trinajstić information content (AvgIpc) is 2.84. The molecular weight excluding hydrogens is 313 g/mol. The Kier molecular flexibility index (Phi) is 4.15. The number of benzene rings is 2. The van der Waals surface area contributed by atoms with E-state index in [9.17, 15) is 14.3 Å². The maximum Gasteiger partial charge on any atom is 0.266 e. The van der Waals surface area contributed by atoms with E-state index in [1.165, 1.54) is 23.5 Å². The van der Waals surface area contributed by atoms with Crippen molar-refractivity contribution in [2.45, 2.75) is 20.0 Å². The average molecular weight is 329 g/mol. The zero-order chi connectivity index (χ0) is 16.6. The quantitative estimate of drug-likeness (QED) is 0.734. The van der Waals surface area contributed by atoms with Crippen molar-refractivity contribution in [3.63, 3.8) is 0 Å². The van der Waals surface area contributed by atoms with Crippen LogP contribution < -0.4 is 5.32 Å². The predicted octanol–water partition coefficient (Wildman–Crippen LogP) is 4.65. The van der Waals surface area contributed by atoms with E-state index in [0.29, 0.717) is 16.1 Å². The molecule has 0 aliphatic carbocycles. The Morgan fingerprint density at radius 2 is 2.00 bits per heavy atom. The molecule has 1 amide bonds. The minimum Gasteiger partial charge on any atom is -0.389 e. The van der Waals surface area contributed by atoms with Crippen LogP contribution in [-0.2, 0) is 0 Å². The van der Waals surface area contributed by atoms with E-state index in [1.54, 1.807) is 31.2 Å². The standard InChI is InChI=1S/C18H16FNO2S/c1-10-14-9-12(19)7-8-16(14)23-17(10)18(22)20-15-6-4-3-5-13(15)11(2)21/h3-9,11,21H,1-2H3,(H,20,22). The van der Waals surface area contributed by atoms with Gasteiger partial charge in [0, 0.05) is 16.0 Å². The normalized spacial score (nSPS) is 12.3. The SMILES string of the molecule is Cc1c(C(=O)Nc2ccccc2C(C)O)sc2ccc(F)cc12. The number of hydrogen-bond acceptors (Lipinski definition) is 3. The molecule has 0 aliphatic rings. The van der Waals surface area contributed by atoms with Crippen molar-refractivity contribution in [2.75, 3.05) is 5.32 Å². The first-order valence-corrected chi connectivity index (χ1v) is 8.06. The smallest absolute Gasteiger partial charge is 0.266 e. The van der Waals surface area contributed by atoms with Gasteiger partial charge in [-0.25, -0.2) is 4.39 Å². The van der Waals surface area contributed by atoms with Gasteiger partial charge in [-0.2, -0.15) is 0 Å². The number of aliphatic hydroxyl groups is 1. The molecule has 3 rings (SSSR count). The number of anilines is 1. The summed E-state index contributed by atoms with van der Waals surface area (Å²) in [6.07, 6.45) is -0.677. The molecule has 0 radical (unpaired) electrons. The van der Waals surface area contributed by atoms with E-state index in [1.807, 2.05) is 13.0 Å². The van der Waals surface area contributed by atoms with E-state index < -0.39 is 6.10 Å². The van der Waals surface area contributed by atoms with E-state index >= 15 is 0 Å². The molecule has 2 aromatic carbocycles. The minimum atomic E-state index is -0.677. The van der Waals surface area contributed by atoms with Gasteiger partial charge in [-0.1, -0.05) is 18.2 Å². The van der Waals surface area contributed by atoms with Gasteiger partial charge in [0.25, 0.3) is 5.91 Å². The van der Waals surface area contributed by atoms with Crippen LogP contribution in [0.5, 0.6) is 0 Å². The van der Waals surface area contributed by atoms with Crippen molar-refractivity contribution in [1.29, 1.82) is 0 Å². The van der Waals surface area contributed by atoms with E-state index in [-0.39, 0.29) is 11.7 Å². The Bertz CT molecular complexity index is 886. The first-order chi connectivity index (χ1) is 11.0. The van der Waals surface area contributed by atoms with Gasteiger partial charge < -0.3 is 10.4 Å². The maximum atomic E-state index is 13.4. The van der Waals surface area contributed by atoms with Crippen LogP contribution in [0.25, 0.3) is 10.1 Å². The summed E-state index contributed by atoms with van der Waals surface area (Å²) in [7, 11) is 0. The van der Waals surface area contributed by atoms with Crippen LogP contribution in [0.1, 0.15) is 33.8 Å². The van der Waals surface area contributed by atoms with Crippen molar-refractivity contribution in [2.24, 2.45) is 0 Å². The lowest BCUT2D eigenvalue weighted by Gasteiger charge is -2.12. The molecule has 0 bridgehead atoms. The summed E-state index contributed by atoms with van der Waals surface area (Å²) in [6.45, 7) is 3.46. The summed E-state index contributed by atoms with van der Waals surface area (Å²) in [4.78, 5) is 13.1. The second kappa shape index (κ2) is 6.10. The third-order valence-corrected chi connectivity index (χ3v) is 5.04. The molecule has 0 spiro atoms. The molecule has 0 saturated heterocycles. The van der Waals surface area contributed by atoms with E-state index in [2.05, 4.69) is 5.32 Å². The minimum absolute atomic E-state index is 0.253. The molecule has 0 fully saturated rings. The van der Waals surface area contributed by atoms with Crippen LogP contribution >= 0.6 is 11.3 Å². The van der Waals surface area contributed by atoms with E-state index in [4.69, 9.17) is 0 Å². The molecule has 1 unspecified atom stereocenters. The molecule has 118 valence electrons. The molecule has 5 heteroatoms. The van der Waals surface area contributed by atoms with Gasteiger partial charge in [0.1, 0.15) is 5.82 Å². The maximum absolute atomic E-state index is 13.4. The molecule has 1 aromatic heterocycles. The zero-order valence-corrected chi connectivity index (χ0v) is 13.6. The molecule has 0 saturated carbocycles. The summed E-state index contributed by atoms with van der Waals surface area (Å²) in [5, 5.41) is 13.4. The lowest BCUT2D eigenvalue weighted by Crippen LogP contribution is -2.13. The number of thiophene rings is 1. The monoisotopic (exact) mass is 329 g/mol. The Morgan fingerprint density at radius 3 is 2.74 bits per heavy atom. The van der Waals surface area contributed by atoms with Crippen LogP contribution in [0.4, 0.5) is 10.1 Å². The van der Waals surface area contributed by atoms with Crippen LogP contribution in [0.15, 0.2) is 42.5 Å². The fraction of sp³-hybridized carbons (Fsp3) is 0.167. The Morgan fingerprint density at radius 1 is 1.26 bits per heavy atom. The molecule has 23 heavy (non-hydrogen) atoms. The predicted molar refractivity (Wildman–Crippen MR) is 91.5 cm³/mol. The Hall–Kier alpha value is -2.24. The number of rotatable bonds is 3. The fourth-order valence-corrected chi connectivity index (χ4v) is 3.65. The number of carbonyl (C=O) groups is 1. The number of aliphatic hydroxyl groups excluding tert-OH is 1. The van der Waals surface area contributed by atoms with Gasteiger partial charge in [0.2, 0.25) is 0 Å². The molecule has 3 nitrogen and oxygen atoms in total. The molecular formula is C18H16FNO2S. The molecule has 0 aliphatic heterocycles. The third-order valence-electron chi connectivity index (χ3n) is 3.76. The van der Waals surface area contributed by atoms with Crippen LogP contribution in [0.3, 0.4) is 0 Å². The Labute approximate surface area is 137 Å². The van der Waals surface area contributed by atoms with Gasteiger partial charge in [0.05, 0.1) is 11.0 Å². The van der Waals surface area contributed by atoms with Crippen LogP contribution in [-0.4, -0.2) is 11.0 Å².